The molecule has 6 heteroatoms. The van der Waals surface area contributed by atoms with Gasteiger partial charge in [-0.05, 0) is 38.0 Å². The first-order chi connectivity index (χ1) is 8.69. The highest BCUT2D eigenvalue weighted by atomic mass is 19.4. The van der Waals surface area contributed by atoms with E-state index in [1.54, 1.807) is 13.8 Å². The molecule has 0 bridgehead atoms. The Morgan fingerprint density at radius 2 is 1.74 bits per heavy atom. The van der Waals surface area contributed by atoms with E-state index >= 15 is 0 Å². The highest BCUT2D eigenvalue weighted by Crippen LogP contribution is 2.29. The van der Waals surface area contributed by atoms with E-state index in [1.165, 1.54) is 13.0 Å². The Morgan fingerprint density at radius 3 is 2.32 bits per heavy atom. The van der Waals surface area contributed by atoms with Gasteiger partial charge in [0.25, 0.3) is 0 Å². The third-order valence-corrected chi connectivity index (χ3v) is 2.98. The molecule has 0 spiro atoms. The van der Waals surface area contributed by atoms with Gasteiger partial charge in [-0.2, -0.15) is 13.2 Å². The number of aryl methyl sites for hydroxylation is 2. The summed E-state index contributed by atoms with van der Waals surface area (Å²) in [6, 6.07) is 1.33. The predicted octanol–water partition coefficient (Wildman–Crippen LogP) is 3.80. The van der Waals surface area contributed by atoms with Gasteiger partial charge in [0.15, 0.2) is 5.82 Å². The quantitative estimate of drug-likeness (QED) is 0.738. The van der Waals surface area contributed by atoms with Crippen molar-refractivity contribution < 1.29 is 17.6 Å². The van der Waals surface area contributed by atoms with Gasteiger partial charge < -0.3 is 0 Å². The minimum absolute atomic E-state index is 0.0117. The van der Waals surface area contributed by atoms with Crippen molar-refractivity contribution in [2.24, 2.45) is 0 Å². The van der Waals surface area contributed by atoms with Gasteiger partial charge in [-0.25, -0.2) is 14.4 Å². The van der Waals surface area contributed by atoms with Crippen molar-refractivity contribution in [3.05, 3.63) is 34.5 Å². The molecule has 0 atom stereocenters. The van der Waals surface area contributed by atoms with Crippen molar-refractivity contribution >= 4 is 10.9 Å². The Hall–Kier alpha value is -1.72. The Kier molecular flexibility index (Phi) is 3.20. The van der Waals surface area contributed by atoms with Gasteiger partial charge in [0.2, 0.25) is 0 Å². The van der Waals surface area contributed by atoms with Crippen molar-refractivity contribution in [1.82, 2.24) is 9.97 Å². The number of nitrogens with zero attached hydrogens (tertiary/aromatic N) is 2. The molecule has 19 heavy (non-hydrogen) atoms. The average molecular weight is 272 g/mol. The van der Waals surface area contributed by atoms with E-state index in [4.69, 9.17) is 0 Å². The van der Waals surface area contributed by atoms with Crippen LogP contribution in [0.15, 0.2) is 6.07 Å². The fraction of sp³-hybridized carbons (Fsp3) is 0.385. The summed E-state index contributed by atoms with van der Waals surface area (Å²) in [4.78, 5) is 8.02. The maximum Gasteiger partial charge on any atom is 0.393 e. The zero-order valence-corrected chi connectivity index (χ0v) is 10.7. The van der Waals surface area contributed by atoms with Crippen LogP contribution < -0.4 is 0 Å². The number of fused-ring (bicyclic) bond motifs is 1. The number of rotatable bonds is 1. The van der Waals surface area contributed by atoms with Crippen molar-refractivity contribution in [1.29, 1.82) is 0 Å². The van der Waals surface area contributed by atoms with Crippen LogP contribution in [-0.2, 0) is 6.42 Å². The molecule has 2 rings (SSSR count). The molecular formula is C13H12F4N2. The van der Waals surface area contributed by atoms with Crippen molar-refractivity contribution in [3.63, 3.8) is 0 Å². The highest BCUT2D eigenvalue weighted by molar-refractivity contribution is 5.83. The molecule has 2 aromatic rings. The molecule has 0 aliphatic rings. The highest BCUT2D eigenvalue weighted by Gasteiger charge is 2.29. The second-order valence-electron chi connectivity index (χ2n) is 4.52. The molecule has 1 aromatic carbocycles. The number of alkyl halides is 3. The second kappa shape index (κ2) is 4.43. The van der Waals surface area contributed by atoms with Gasteiger partial charge in [-0.15, -0.1) is 0 Å². The third-order valence-electron chi connectivity index (χ3n) is 2.98. The SMILES string of the molecule is Cc1nc(C)c2cc(CC(F)(F)F)c(C)c(F)c2n1. The largest absolute Gasteiger partial charge is 0.393 e. The van der Waals surface area contributed by atoms with Crippen LogP contribution in [0.1, 0.15) is 22.6 Å². The predicted molar refractivity (Wildman–Crippen MR) is 63.5 cm³/mol. The lowest BCUT2D eigenvalue weighted by Crippen LogP contribution is -2.13. The Labute approximate surface area is 107 Å². The van der Waals surface area contributed by atoms with Gasteiger partial charge in [-0.1, -0.05) is 0 Å². The molecule has 0 unspecified atom stereocenters. The lowest BCUT2D eigenvalue weighted by Gasteiger charge is -2.13. The van der Waals surface area contributed by atoms with Crippen LogP contribution in [-0.4, -0.2) is 16.1 Å². The molecule has 0 aliphatic heterocycles. The summed E-state index contributed by atoms with van der Waals surface area (Å²) in [5.41, 5.74) is 0.466. The summed E-state index contributed by atoms with van der Waals surface area (Å²) in [6.07, 6.45) is -5.52. The van der Waals surface area contributed by atoms with Gasteiger partial charge in [-0.3, -0.25) is 0 Å². The normalized spacial score (nSPS) is 12.2. The first kappa shape index (κ1) is 13.7. The minimum Gasteiger partial charge on any atom is -0.238 e. The Bertz CT molecular complexity index is 647. The van der Waals surface area contributed by atoms with Crippen LogP contribution in [0, 0.1) is 26.6 Å². The molecular weight excluding hydrogens is 260 g/mol. The first-order valence-corrected chi connectivity index (χ1v) is 5.68. The summed E-state index contributed by atoms with van der Waals surface area (Å²) in [6.45, 7) is 4.58. The van der Waals surface area contributed by atoms with Gasteiger partial charge in [0.1, 0.15) is 11.3 Å². The molecule has 0 radical (unpaired) electrons. The summed E-state index contributed by atoms with van der Waals surface area (Å²) in [5.74, 6) is -0.308. The Morgan fingerprint density at radius 1 is 1.11 bits per heavy atom. The fourth-order valence-corrected chi connectivity index (χ4v) is 2.06. The number of aromatic nitrogens is 2. The second-order valence-corrected chi connectivity index (χ2v) is 4.52. The standard InChI is InChI=1S/C13H12F4N2/c1-6-9(5-13(15,16)17)4-10-7(2)18-8(3)19-12(10)11(6)14/h4H,5H2,1-3H3. The van der Waals surface area contributed by atoms with E-state index < -0.39 is 18.4 Å². The summed E-state index contributed by atoms with van der Waals surface area (Å²) < 4.78 is 51.5. The van der Waals surface area contributed by atoms with Gasteiger partial charge >= 0.3 is 6.18 Å². The molecule has 0 fully saturated rings. The van der Waals surface area contributed by atoms with Crippen molar-refractivity contribution in [3.8, 4) is 0 Å². The van der Waals surface area contributed by atoms with Crippen LogP contribution in [0.4, 0.5) is 17.6 Å². The number of hydrogen-bond acceptors (Lipinski definition) is 2. The van der Waals surface area contributed by atoms with Crippen LogP contribution in [0.2, 0.25) is 0 Å². The van der Waals surface area contributed by atoms with E-state index in [1.807, 2.05) is 0 Å². The summed E-state index contributed by atoms with van der Waals surface area (Å²) >= 11 is 0. The number of hydrogen-bond donors (Lipinski definition) is 0. The molecule has 0 saturated heterocycles. The van der Waals surface area contributed by atoms with E-state index in [-0.39, 0.29) is 16.6 Å². The lowest BCUT2D eigenvalue weighted by molar-refractivity contribution is -0.127. The van der Waals surface area contributed by atoms with Gasteiger partial charge in [0.05, 0.1) is 6.42 Å². The molecule has 1 heterocycles. The molecule has 2 nitrogen and oxygen atoms in total. The summed E-state index contributed by atoms with van der Waals surface area (Å²) in [7, 11) is 0. The average Bonchev–Trinajstić information content (AvgIpc) is 2.25. The zero-order valence-electron chi connectivity index (χ0n) is 10.7. The van der Waals surface area contributed by atoms with Crippen LogP contribution in [0.3, 0.4) is 0 Å². The van der Waals surface area contributed by atoms with Crippen LogP contribution in [0.25, 0.3) is 10.9 Å². The minimum atomic E-state index is -4.37. The maximum atomic E-state index is 14.1. The lowest BCUT2D eigenvalue weighted by atomic mass is 10.0. The van der Waals surface area contributed by atoms with E-state index in [9.17, 15) is 17.6 Å². The van der Waals surface area contributed by atoms with E-state index in [2.05, 4.69) is 9.97 Å². The molecule has 0 amide bonds. The number of halogens is 4. The zero-order chi connectivity index (χ0) is 14.4. The molecule has 1 aromatic heterocycles. The molecule has 0 N–H and O–H groups in total. The fourth-order valence-electron chi connectivity index (χ4n) is 2.06. The van der Waals surface area contributed by atoms with Crippen LogP contribution >= 0.6 is 0 Å². The summed E-state index contributed by atoms with van der Waals surface area (Å²) in [5, 5.41) is 0.327. The smallest absolute Gasteiger partial charge is 0.238 e. The van der Waals surface area contributed by atoms with Gasteiger partial charge in [0, 0.05) is 11.1 Å². The monoisotopic (exact) mass is 272 g/mol. The van der Waals surface area contributed by atoms with E-state index in [0.717, 1.165) is 0 Å². The topological polar surface area (TPSA) is 25.8 Å². The Balaban J connectivity index is 2.73. The third kappa shape index (κ3) is 2.67. The molecule has 0 saturated carbocycles. The van der Waals surface area contributed by atoms with E-state index in [0.29, 0.717) is 16.9 Å². The van der Waals surface area contributed by atoms with Crippen LogP contribution in [0.5, 0.6) is 0 Å². The first-order valence-electron chi connectivity index (χ1n) is 5.68. The maximum absolute atomic E-state index is 14.1. The molecule has 102 valence electrons. The van der Waals surface area contributed by atoms with Crippen molar-refractivity contribution in [2.45, 2.75) is 33.4 Å². The number of benzene rings is 1. The van der Waals surface area contributed by atoms with Crippen molar-refractivity contribution in [2.75, 3.05) is 0 Å². The molecule has 0 aliphatic carbocycles.